The first-order valence-corrected chi connectivity index (χ1v) is 9.36. The number of ether oxygens (including phenoxy) is 1. The van der Waals surface area contributed by atoms with E-state index in [1.807, 2.05) is 13.0 Å². The van der Waals surface area contributed by atoms with Crippen molar-refractivity contribution in [2.24, 2.45) is 5.41 Å². The van der Waals surface area contributed by atoms with Crippen LogP contribution in [0.3, 0.4) is 0 Å². The molecule has 7 heteroatoms. The molecular formula is C20H23F3N2O2. The number of aromatic nitrogens is 1. The van der Waals surface area contributed by atoms with E-state index in [4.69, 9.17) is 4.74 Å². The van der Waals surface area contributed by atoms with Crippen LogP contribution >= 0.6 is 0 Å². The molecule has 146 valence electrons. The van der Waals surface area contributed by atoms with Gasteiger partial charge in [-0.15, -0.1) is 0 Å². The first kappa shape index (κ1) is 18.5. The maximum atomic E-state index is 13.0. The van der Waals surface area contributed by atoms with Crippen molar-refractivity contribution in [1.29, 1.82) is 0 Å². The molecule has 2 aromatic rings. The Kier molecular flexibility index (Phi) is 4.55. The highest BCUT2D eigenvalue weighted by Crippen LogP contribution is 2.51. The fourth-order valence-electron chi connectivity index (χ4n) is 4.57. The van der Waals surface area contributed by atoms with Crippen molar-refractivity contribution in [3.05, 3.63) is 36.0 Å². The third-order valence-corrected chi connectivity index (χ3v) is 6.19. The number of aliphatic hydroxyl groups is 1. The van der Waals surface area contributed by atoms with E-state index in [-0.39, 0.29) is 17.6 Å². The third kappa shape index (κ3) is 3.06. The number of halogens is 3. The van der Waals surface area contributed by atoms with Crippen molar-refractivity contribution in [2.45, 2.75) is 44.6 Å². The van der Waals surface area contributed by atoms with Crippen LogP contribution in [0.4, 0.5) is 18.9 Å². The third-order valence-electron chi connectivity index (χ3n) is 6.19. The van der Waals surface area contributed by atoms with Gasteiger partial charge in [0.1, 0.15) is 0 Å². The molecule has 1 aromatic heterocycles. The van der Waals surface area contributed by atoms with Crippen LogP contribution in [-0.4, -0.2) is 42.0 Å². The summed E-state index contributed by atoms with van der Waals surface area (Å²) in [7, 11) is 0. The van der Waals surface area contributed by atoms with Gasteiger partial charge < -0.3 is 14.7 Å². The number of piperidine rings is 1. The average Bonchev–Trinajstić information content (AvgIpc) is 2.66. The van der Waals surface area contributed by atoms with E-state index in [2.05, 4.69) is 9.88 Å². The Labute approximate surface area is 155 Å². The van der Waals surface area contributed by atoms with Crippen LogP contribution in [0.5, 0.6) is 0 Å². The fraction of sp³-hybridized carbons (Fsp3) is 0.550. The Morgan fingerprint density at radius 3 is 2.63 bits per heavy atom. The van der Waals surface area contributed by atoms with Crippen LogP contribution in [-0.2, 0) is 10.9 Å². The smallest absolute Gasteiger partial charge is 0.392 e. The number of alkyl halides is 3. The zero-order valence-electron chi connectivity index (χ0n) is 15.2. The SMILES string of the molecule is CCOC1CC(O)C12CCN(c1ccnc3cc(C(F)(F)F)ccc13)CC2. The molecule has 4 rings (SSSR count). The molecule has 0 amide bonds. The van der Waals surface area contributed by atoms with Crippen molar-refractivity contribution in [1.82, 2.24) is 4.98 Å². The molecule has 1 aliphatic carbocycles. The molecule has 1 aliphatic heterocycles. The molecule has 1 N–H and O–H groups in total. The molecule has 1 saturated heterocycles. The van der Waals surface area contributed by atoms with Gasteiger partial charge in [-0.2, -0.15) is 13.2 Å². The van der Waals surface area contributed by atoms with E-state index in [9.17, 15) is 18.3 Å². The van der Waals surface area contributed by atoms with E-state index >= 15 is 0 Å². The summed E-state index contributed by atoms with van der Waals surface area (Å²) in [5.74, 6) is 0. The fourth-order valence-corrected chi connectivity index (χ4v) is 4.57. The van der Waals surface area contributed by atoms with Gasteiger partial charge in [-0.3, -0.25) is 4.98 Å². The number of anilines is 1. The lowest BCUT2D eigenvalue weighted by atomic mass is 9.58. The second-order valence-corrected chi connectivity index (χ2v) is 7.48. The van der Waals surface area contributed by atoms with Gasteiger partial charge in [0, 0.05) is 48.8 Å². The predicted octanol–water partition coefficient (Wildman–Crippen LogP) is 4.01. The first-order valence-electron chi connectivity index (χ1n) is 9.36. The maximum absolute atomic E-state index is 13.0. The summed E-state index contributed by atoms with van der Waals surface area (Å²) >= 11 is 0. The van der Waals surface area contributed by atoms with Crippen molar-refractivity contribution in [2.75, 3.05) is 24.6 Å². The van der Waals surface area contributed by atoms with Crippen LogP contribution in [0, 0.1) is 5.41 Å². The summed E-state index contributed by atoms with van der Waals surface area (Å²) in [6.45, 7) is 4.08. The number of nitrogens with zero attached hydrogens (tertiary/aromatic N) is 2. The lowest BCUT2D eigenvalue weighted by Gasteiger charge is -2.57. The quantitative estimate of drug-likeness (QED) is 0.874. The Morgan fingerprint density at radius 2 is 2.00 bits per heavy atom. The number of hydrogen-bond acceptors (Lipinski definition) is 4. The van der Waals surface area contributed by atoms with Gasteiger partial charge >= 0.3 is 6.18 Å². The Bertz CT molecular complexity index is 830. The summed E-state index contributed by atoms with van der Waals surface area (Å²) in [6, 6.07) is 5.57. The maximum Gasteiger partial charge on any atom is 0.416 e. The van der Waals surface area contributed by atoms with Crippen molar-refractivity contribution >= 4 is 16.6 Å². The second-order valence-electron chi connectivity index (χ2n) is 7.48. The Hall–Kier alpha value is -1.86. The topological polar surface area (TPSA) is 45.6 Å². The molecule has 1 spiro atoms. The standard InChI is InChI=1S/C20H23F3N2O2/c1-2-27-18-12-17(26)19(18)6-9-25(10-7-19)16-5-8-24-15-11-13(20(21,22)23)3-4-14(15)16/h3-5,8,11,17-18,26H,2,6-7,9-10,12H2,1H3. The molecule has 27 heavy (non-hydrogen) atoms. The highest BCUT2D eigenvalue weighted by molar-refractivity contribution is 5.92. The first-order chi connectivity index (χ1) is 12.8. The minimum atomic E-state index is -4.38. The van der Waals surface area contributed by atoms with Crippen molar-refractivity contribution in [3.63, 3.8) is 0 Å². The Balaban J connectivity index is 1.57. The van der Waals surface area contributed by atoms with Gasteiger partial charge in [0.2, 0.25) is 0 Å². The zero-order valence-corrected chi connectivity index (χ0v) is 15.2. The van der Waals surface area contributed by atoms with Crippen LogP contribution < -0.4 is 4.90 Å². The molecular weight excluding hydrogens is 357 g/mol. The summed E-state index contributed by atoms with van der Waals surface area (Å²) in [4.78, 5) is 6.31. The van der Waals surface area contributed by atoms with Crippen molar-refractivity contribution in [3.8, 4) is 0 Å². The molecule has 2 atom stereocenters. The van der Waals surface area contributed by atoms with Crippen LogP contribution in [0.2, 0.25) is 0 Å². The zero-order chi connectivity index (χ0) is 19.2. The van der Waals surface area contributed by atoms with Gasteiger partial charge in [0.15, 0.2) is 0 Å². The van der Waals surface area contributed by atoms with E-state index in [1.54, 1.807) is 6.20 Å². The summed E-state index contributed by atoms with van der Waals surface area (Å²) in [5, 5.41) is 11.1. The summed E-state index contributed by atoms with van der Waals surface area (Å²) in [5.41, 5.74) is 0.372. The highest BCUT2D eigenvalue weighted by Gasteiger charge is 2.56. The number of pyridine rings is 1. The highest BCUT2D eigenvalue weighted by atomic mass is 19.4. The van der Waals surface area contributed by atoms with Gasteiger partial charge in [-0.05, 0) is 38.0 Å². The lowest BCUT2D eigenvalue weighted by Crippen LogP contribution is -2.62. The van der Waals surface area contributed by atoms with E-state index in [1.165, 1.54) is 6.07 Å². The van der Waals surface area contributed by atoms with Crippen molar-refractivity contribution < 1.29 is 23.0 Å². The second kappa shape index (κ2) is 6.63. The minimum absolute atomic E-state index is 0.100. The number of aliphatic hydroxyl groups excluding tert-OH is 1. The predicted molar refractivity (Wildman–Crippen MR) is 96.7 cm³/mol. The monoisotopic (exact) mass is 380 g/mol. The van der Waals surface area contributed by atoms with E-state index in [0.29, 0.717) is 18.5 Å². The van der Waals surface area contributed by atoms with E-state index in [0.717, 1.165) is 49.1 Å². The molecule has 2 fully saturated rings. The molecule has 4 nitrogen and oxygen atoms in total. The van der Waals surface area contributed by atoms with Gasteiger partial charge in [-0.1, -0.05) is 6.07 Å². The number of rotatable bonds is 3. The molecule has 2 aliphatic rings. The summed E-state index contributed by atoms with van der Waals surface area (Å²) < 4.78 is 44.7. The van der Waals surface area contributed by atoms with Gasteiger partial charge in [0.25, 0.3) is 0 Å². The Morgan fingerprint density at radius 1 is 1.26 bits per heavy atom. The number of hydrogen-bond donors (Lipinski definition) is 1. The minimum Gasteiger partial charge on any atom is -0.392 e. The average molecular weight is 380 g/mol. The lowest BCUT2D eigenvalue weighted by molar-refractivity contribution is -0.199. The molecule has 1 saturated carbocycles. The summed E-state index contributed by atoms with van der Waals surface area (Å²) in [6.07, 6.45) is -0.747. The van der Waals surface area contributed by atoms with E-state index < -0.39 is 11.7 Å². The molecule has 1 aromatic carbocycles. The van der Waals surface area contributed by atoms with Crippen LogP contribution in [0.15, 0.2) is 30.5 Å². The molecule has 2 heterocycles. The van der Waals surface area contributed by atoms with Crippen LogP contribution in [0.1, 0.15) is 31.7 Å². The molecule has 0 bridgehead atoms. The molecule has 2 unspecified atom stereocenters. The van der Waals surface area contributed by atoms with Gasteiger partial charge in [-0.25, -0.2) is 0 Å². The normalized spacial score (nSPS) is 25.0. The molecule has 0 radical (unpaired) electrons. The number of benzene rings is 1. The van der Waals surface area contributed by atoms with Gasteiger partial charge in [0.05, 0.1) is 23.3 Å². The van der Waals surface area contributed by atoms with Crippen LogP contribution in [0.25, 0.3) is 10.9 Å². The number of fused-ring (bicyclic) bond motifs is 1. The largest absolute Gasteiger partial charge is 0.416 e.